The Labute approximate surface area is 190 Å². The van der Waals surface area contributed by atoms with Gasteiger partial charge in [-0.05, 0) is 55.9 Å². The van der Waals surface area contributed by atoms with Gasteiger partial charge in [-0.3, -0.25) is 0 Å². The molecule has 0 saturated heterocycles. The average molecular weight is 466 g/mol. The lowest BCUT2D eigenvalue weighted by molar-refractivity contribution is -0.134. The average Bonchev–Trinajstić information content (AvgIpc) is 2.83. The number of thioether (sulfide) groups is 1. The zero-order chi connectivity index (χ0) is 22.1. The van der Waals surface area contributed by atoms with Crippen molar-refractivity contribution in [3.63, 3.8) is 0 Å². The van der Waals surface area contributed by atoms with Gasteiger partial charge in [0.1, 0.15) is 0 Å². The number of fused-ring (bicyclic) bond motifs is 2. The van der Waals surface area contributed by atoms with E-state index >= 15 is 0 Å². The fourth-order valence-corrected chi connectivity index (χ4v) is 5.54. The molecule has 5 nitrogen and oxygen atoms in total. The Hall–Kier alpha value is -1.93. The lowest BCUT2D eigenvalue weighted by Crippen LogP contribution is -2.15. The topological polar surface area (TPSA) is 77.8 Å². The molecule has 0 saturated carbocycles. The van der Waals surface area contributed by atoms with Gasteiger partial charge < -0.3 is 15.1 Å². The Kier molecular flexibility index (Phi) is 9.78. The minimum Gasteiger partial charge on any atom is -0.478 e. The highest BCUT2D eigenvalue weighted by molar-refractivity contribution is 8.00. The van der Waals surface area contributed by atoms with Gasteiger partial charge >= 0.3 is 11.9 Å². The van der Waals surface area contributed by atoms with Gasteiger partial charge in [-0.1, -0.05) is 41.6 Å². The third-order valence-electron chi connectivity index (χ3n) is 4.14. The molecule has 30 heavy (non-hydrogen) atoms. The van der Waals surface area contributed by atoms with Crippen molar-refractivity contribution >= 4 is 47.1 Å². The van der Waals surface area contributed by atoms with E-state index in [4.69, 9.17) is 21.8 Å². The number of carboxylic acids is 2. The summed E-state index contributed by atoms with van der Waals surface area (Å²) in [5.74, 6) is -1.38. The second-order valence-corrected chi connectivity index (χ2v) is 9.60. The number of carbonyl (C=O) groups is 2. The van der Waals surface area contributed by atoms with Crippen molar-refractivity contribution in [2.75, 3.05) is 26.4 Å². The van der Waals surface area contributed by atoms with Crippen molar-refractivity contribution in [2.45, 2.75) is 21.5 Å². The maximum Gasteiger partial charge on any atom is 0.328 e. The SMILES string of the molecule is CN(C)CCSC1Cc2ccccc2Sc2ccc(Cl)cc21.O=C(O)/C=C\C(=O)O. The Morgan fingerprint density at radius 2 is 1.80 bits per heavy atom. The molecule has 8 heteroatoms. The predicted molar refractivity (Wildman–Crippen MR) is 124 cm³/mol. The first-order valence-electron chi connectivity index (χ1n) is 9.21. The molecule has 2 aromatic carbocycles. The van der Waals surface area contributed by atoms with E-state index in [2.05, 4.69) is 55.4 Å². The number of nitrogens with zero attached hydrogens (tertiary/aromatic N) is 1. The predicted octanol–water partition coefficient (Wildman–Crippen LogP) is 5.10. The zero-order valence-electron chi connectivity index (χ0n) is 16.7. The first kappa shape index (κ1) is 24.3. The number of carboxylic acid groups (broad SMARTS) is 2. The van der Waals surface area contributed by atoms with E-state index in [0.717, 1.165) is 23.7 Å². The summed E-state index contributed by atoms with van der Waals surface area (Å²) in [5.41, 5.74) is 2.83. The third kappa shape index (κ3) is 8.07. The highest BCUT2D eigenvalue weighted by Gasteiger charge is 2.23. The van der Waals surface area contributed by atoms with E-state index in [0.29, 0.717) is 17.4 Å². The van der Waals surface area contributed by atoms with Crippen molar-refractivity contribution in [3.8, 4) is 0 Å². The van der Waals surface area contributed by atoms with Crippen LogP contribution in [0.15, 0.2) is 64.4 Å². The van der Waals surface area contributed by atoms with Crippen molar-refractivity contribution < 1.29 is 19.8 Å². The Balaban J connectivity index is 0.000000343. The monoisotopic (exact) mass is 465 g/mol. The summed E-state index contributed by atoms with van der Waals surface area (Å²) in [4.78, 5) is 24.1. The Morgan fingerprint density at radius 1 is 1.13 bits per heavy atom. The molecule has 0 fully saturated rings. The first-order valence-corrected chi connectivity index (χ1v) is 11.5. The molecule has 0 bridgehead atoms. The van der Waals surface area contributed by atoms with E-state index < -0.39 is 11.9 Å². The molecule has 2 N–H and O–H groups in total. The van der Waals surface area contributed by atoms with E-state index in [1.54, 1.807) is 0 Å². The Morgan fingerprint density at radius 3 is 2.43 bits per heavy atom. The fraction of sp³-hybridized carbons (Fsp3) is 0.273. The summed E-state index contributed by atoms with van der Waals surface area (Å²) >= 11 is 10.2. The van der Waals surface area contributed by atoms with Crippen LogP contribution < -0.4 is 0 Å². The van der Waals surface area contributed by atoms with Crippen molar-refractivity contribution in [2.24, 2.45) is 0 Å². The van der Waals surface area contributed by atoms with Crippen LogP contribution in [0.5, 0.6) is 0 Å². The van der Waals surface area contributed by atoms with Crippen LogP contribution in [0, 0.1) is 0 Å². The summed E-state index contributed by atoms with van der Waals surface area (Å²) in [7, 11) is 4.26. The largest absolute Gasteiger partial charge is 0.478 e. The van der Waals surface area contributed by atoms with Crippen LogP contribution in [0.4, 0.5) is 0 Å². The lowest BCUT2D eigenvalue weighted by atomic mass is 10.0. The molecule has 0 aliphatic carbocycles. The molecule has 1 heterocycles. The quantitative estimate of drug-likeness (QED) is 0.575. The standard InChI is InChI=1S/C18H20ClNS2.C4H4O4/c1-20(2)9-10-21-18-11-13-5-3-4-6-16(13)22-17-8-7-14(19)12-15(17)18;5-3(6)1-2-4(7)8/h3-8,12,18H,9-11H2,1-2H3;1-2H,(H,5,6)(H,7,8)/b;2-1-. The van der Waals surface area contributed by atoms with Gasteiger partial charge in [-0.2, -0.15) is 11.8 Å². The van der Waals surface area contributed by atoms with Crippen LogP contribution in [0.1, 0.15) is 16.4 Å². The van der Waals surface area contributed by atoms with Gasteiger partial charge in [0, 0.05) is 44.5 Å². The number of halogens is 1. The van der Waals surface area contributed by atoms with Crippen LogP contribution in [0.3, 0.4) is 0 Å². The number of hydrogen-bond donors (Lipinski definition) is 2. The zero-order valence-corrected chi connectivity index (χ0v) is 19.1. The summed E-state index contributed by atoms with van der Waals surface area (Å²) in [5, 5.41) is 16.9. The highest BCUT2D eigenvalue weighted by Crippen LogP contribution is 2.46. The number of hydrogen-bond acceptors (Lipinski definition) is 5. The van der Waals surface area contributed by atoms with Crippen molar-refractivity contribution in [3.05, 3.63) is 70.8 Å². The minimum absolute atomic E-state index is 0.477. The lowest BCUT2D eigenvalue weighted by Gasteiger charge is -2.19. The molecule has 1 aliphatic rings. The highest BCUT2D eigenvalue weighted by atomic mass is 35.5. The van der Waals surface area contributed by atoms with Crippen LogP contribution in [0.2, 0.25) is 5.02 Å². The number of rotatable bonds is 6. The fourth-order valence-electron chi connectivity index (χ4n) is 2.73. The molecule has 0 aromatic heterocycles. The molecule has 2 aromatic rings. The number of benzene rings is 2. The molecule has 160 valence electrons. The van der Waals surface area contributed by atoms with Gasteiger partial charge in [0.25, 0.3) is 0 Å². The summed E-state index contributed by atoms with van der Waals surface area (Å²) in [6.45, 7) is 1.10. The van der Waals surface area contributed by atoms with Crippen LogP contribution in [-0.2, 0) is 16.0 Å². The number of aliphatic carboxylic acids is 2. The first-order chi connectivity index (χ1) is 14.3. The maximum absolute atomic E-state index is 9.55. The molecule has 0 amide bonds. The second kappa shape index (κ2) is 12.1. The van der Waals surface area contributed by atoms with Crippen molar-refractivity contribution in [1.82, 2.24) is 4.90 Å². The molecule has 3 rings (SSSR count). The van der Waals surface area contributed by atoms with E-state index in [-0.39, 0.29) is 0 Å². The Bertz CT molecular complexity index is 902. The molecule has 1 unspecified atom stereocenters. The van der Waals surface area contributed by atoms with E-state index in [1.165, 1.54) is 20.9 Å². The van der Waals surface area contributed by atoms with Crippen LogP contribution in [-0.4, -0.2) is 53.4 Å². The summed E-state index contributed by atoms with van der Waals surface area (Å²) < 4.78 is 0. The second-order valence-electron chi connectivity index (χ2n) is 6.77. The molecule has 0 spiro atoms. The molecule has 0 radical (unpaired) electrons. The van der Waals surface area contributed by atoms with Crippen LogP contribution >= 0.6 is 35.1 Å². The summed E-state index contributed by atoms with van der Waals surface area (Å²) in [6, 6.07) is 15.1. The maximum atomic E-state index is 9.55. The van der Waals surface area contributed by atoms with E-state index in [9.17, 15) is 9.59 Å². The molecule has 1 aliphatic heterocycles. The van der Waals surface area contributed by atoms with Gasteiger partial charge in [-0.15, -0.1) is 0 Å². The minimum atomic E-state index is -1.26. The summed E-state index contributed by atoms with van der Waals surface area (Å²) in [6.07, 6.45) is 2.19. The van der Waals surface area contributed by atoms with Crippen LogP contribution in [0.25, 0.3) is 0 Å². The van der Waals surface area contributed by atoms with E-state index in [1.807, 2.05) is 29.6 Å². The van der Waals surface area contributed by atoms with Gasteiger partial charge in [0.05, 0.1) is 0 Å². The smallest absolute Gasteiger partial charge is 0.328 e. The molecular weight excluding hydrogens is 442 g/mol. The third-order valence-corrected chi connectivity index (χ3v) is 6.83. The molecule has 1 atom stereocenters. The van der Waals surface area contributed by atoms with Gasteiger partial charge in [-0.25, -0.2) is 9.59 Å². The molecular formula is C22H24ClNO4S2. The van der Waals surface area contributed by atoms with Gasteiger partial charge in [0.15, 0.2) is 0 Å². The normalized spacial score (nSPS) is 15.0. The van der Waals surface area contributed by atoms with Crippen molar-refractivity contribution in [1.29, 1.82) is 0 Å². The van der Waals surface area contributed by atoms with Gasteiger partial charge in [0.2, 0.25) is 0 Å².